The van der Waals surface area contributed by atoms with E-state index in [-0.39, 0.29) is 17.6 Å². The Bertz CT molecular complexity index is 382. The molecule has 0 bridgehead atoms. The van der Waals surface area contributed by atoms with Crippen LogP contribution in [0, 0.1) is 0 Å². The molecule has 0 saturated carbocycles. The molecule has 6 heteroatoms. The van der Waals surface area contributed by atoms with Crippen molar-refractivity contribution in [1.29, 1.82) is 0 Å². The maximum absolute atomic E-state index is 11.7. The van der Waals surface area contributed by atoms with E-state index in [1.165, 1.54) is 14.2 Å². The van der Waals surface area contributed by atoms with Crippen LogP contribution in [0.15, 0.2) is 11.1 Å². The number of cyclic esters (lactones) is 1. The van der Waals surface area contributed by atoms with Crippen molar-refractivity contribution >= 4 is 17.9 Å². The van der Waals surface area contributed by atoms with E-state index in [0.29, 0.717) is 13.0 Å². The van der Waals surface area contributed by atoms with Gasteiger partial charge in [0.05, 0.1) is 32.8 Å². The highest BCUT2D eigenvalue weighted by molar-refractivity contribution is 6.03. The highest BCUT2D eigenvalue weighted by atomic mass is 16.5. The van der Waals surface area contributed by atoms with E-state index in [1.54, 1.807) is 0 Å². The smallest absolute Gasteiger partial charge is 0.334 e. The van der Waals surface area contributed by atoms with Gasteiger partial charge >= 0.3 is 17.9 Å². The maximum Gasteiger partial charge on any atom is 0.334 e. The lowest BCUT2D eigenvalue weighted by Crippen LogP contribution is -2.17. The number of carbonyl (C=O) groups is 3. The van der Waals surface area contributed by atoms with Crippen LogP contribution >= 0.6 is 0 Å². The summed E-state index contributed by atoms with van der Waals surface area (Å²) in [5, 5.41) is 0. The summed E-state index contributed by atoms with van der Waals surface area (Å²) in [6.07, 6.45) is 1.58. The fourth-order valence-electron chi connectivity index (χ4n) is 1.67. The Morgan fingerprint density at radius 2 is 1.94 bits per heavy atom. The van der Waals surface area contributed by atoms with Crippen LogP contribution in [-0.2, 0) is 28.6 Å². The Balaban J connectivity index is 3.07. The summed E-state index contributed by atoms with van der Waals surface area (Å²) in [4.78, 5) is 34.6. The summed E-state index contributed by atoms with van der Waals surface area (Å²) in [6, 6.07) is 0. The van der Waals surface area contributed by atoms with Crippen molar-refractivity contribution in [2.24, 2.45) is 0 Å². The highest BCUT2D eigenvalue weighted by Crippen LogP contribution is 2.22. The molecular weight excluding hydrogens is 240 g/mol. The van der Waals surface area contributed by atoms with E-state index >= 15 is 0 Å². The molecule has 0 spiro atoms. The summed E-state index contributed by atoms with van der Waals surface area (Å²) in [5.74, 6) is -1.86. The number of esters is 3. The SMILES string of the molecule is COC(=O)C/C(C(=O)OC)=C1\CCCCOC1=O. The summed E-state index contributed by atoms with van der Waals surface area (Å²) in [5.41, 5.74) is 0.237. The molecule has 0 unspecified atom stereocenters. The molecule has 1 heterocycles. The fourth-order valence-corrected chi connectivity index (χ4v) is 1.67. The molecule has 18 heavy (non-hydrogen) atoms. The van der Waals surface area contributed by atoms with Gasteiger partial charge in [-0.25, -0.2) is 9.59 Å². The zero-order chi connectivity index (χ0) is 13.5. The predicted molar refractivity (Wildman–Crippen MR) is 60.5 cm³/mol. The van der Waals surface area contributed by atoms with Crippen molar-refractivity contribution in [2.75, 3.05) is 20.8 Å². The lowest BCUT2D eigenvalue weighted by atomic mass is 10.0. The van der Waals surface area contributed by atoms with E-state index in [4.69, 9.17) is 4.74 Å². The maximum atomic E-state index is 11.7. The van der Waals surface area contributed by atoms with Gasteiger partial charge in [0.1, 0.15) is 0 Å². The minimum Gasteiger partial charge on any atom is -0.469 e. The van der Waals surface area contributed by atoms with Crippen LogP contribution < -0.4 is 0 Å². The summed E-state index contributed by atoms with van der Waals surface area (Å²) in [6.45, 7) is 0.328. The van der Waals surface area contributed by atoms with Crippen LogP contribution in [-0.4, -0.2) is 38.7 Å². The molecule has 1 saturated heterocycles. The molecule has 0 radical (unpaired) electrons. The second-order valence-electron chi connectivity index (χ2n) is 3.79. The Morgan fingerprint density at radius 1 is 1.22 bits per heavy atom. The highest BCUT2D eigenvalue weighted by Gasteiger charge is 2.26. The first-order chi connectivity index (χ1) is 8.60. The number of carbonyl (C=O) groups excluding carboxylic acids is 3. The predicted octanol–water partition coefficient (Wildman–Crippen LogP) is 0.746. The molecule has 1 fully saturated rings. The van der Waals surface area contributed by atoms with Crippen LogP contribution in [0.4, 0.5) is 0 Å². The van der Waals surface area contributed by atoms with Gasteiger partial charge in [0.2, 0.25) is 0 Å². The van der Waals surface area contributed by atoms with Crippen molar-refractivity contribution in [3.63, 3.8) is 0 Å². The number of rotatable bonds is 3. The molecular formula is C12H16O6. The minimum absolute atomic E-state index is 0.0243. The van der Waals surface area contributed by atoms with Crippen LogP contribution in [0.5, 0.6) is 0 Å². The van der Waals surface area contributed by atoms with Gasteiger partial charge in [0, 0.05) is 5.57 Å². The fraction of sp³-hybridized carbons (Fsp3) is 0.583. The Hall–Kier alpha value is -1.85. The monoisotopic (exact) mass is 256 g/mol. The number of hydrogen-bond donors (Lipinski definition) is 0. The van der Waals surface area contributed by atoms with E-state index in [1.807, 2.05) is 0 Å². The quantitative estimate of drug-likeness (QED) is 0.421. The summed E-state index contributed by atoms with van der Waals surface area (Å²) < 4.78 is 14.0. The first-order valence-corrected chi connectivity index (χ1v) is 5.64. The third-order valence-corrected chi connectivity index (χ3v) is 2.65. The van der Waals surface area contributed by atoms with Gasteiger partial charge in [-0.15, -0.1) is 0 Å². The van der Waals surface area contributed by atoms with Gasteiger partial charge in [0.25, 0.3) is 0 Å². The average molecular weight is 256 g/mol. The summed E-state index contributed by atoms with van der Waals surface area (Å²) in [7, 11) is 2.41. The third kappa shape index (κ3) is 3.58. The minimum atomic E-state index is -0.700. The zero-order valence-corrected chi connectivity index (χ0v) is 10.5. The Labute approximate surface area is 105 Å². The van der Waals surface area contributed by atoms with Crippen molar-refractivity contribution in [3.05, 3.63) is 11.1 Å². The third-order valence-electron chi connectivity index (χ3n) is 2.65. The van der Waals surface area contributed by atoms with Gasteiger partial charge in [0.15, 0.2) is 0 Å². The molecule has 1 rings (SSSR count). The van der Waals surface area contributed by atoms with Gasteiger partial charge in [-0.3, -0.25) is 4.79 Å². The van der Waals surface area contributed by atoms with E-state index in [2.05, 4.69) is 9.47 Å². The Kier molecular flexibility index (Phi) is 5.35. The average Bonchev–Trinajstić information content (AvgIpc) is 2.59. The van der Waals surface area contributed by atoms with Crippen molar-refractivity contribution in [1.82, 2.24) is 0 Å². The first-order valence-electron chi connectivity index (χ1n) is 5.64. The van der Waals surface area contributed by atoms with Gasteiger partial charge in [-0.2, -0.15) is 0 Å². The van der Waals surface area contributed by atoms with Crippen molar-refractivity contribution in [3.8, 4) is 0 Å². The number of ether oxygens (including phenoxy) is 3. The van der Waals surface area contributed by atoms with E-state index in [0.717, 1.165) is 12.8 Å². The lowest BCUT2D eigenvalue weighted by molar-refractivity contribution is -0.144. The van der Waals surface area contributed by atoms with E-state index in [9.17, 15) is 14.4 Å². The Morgan fingerprint density at radius 3 is 2.56 bits per heavy atom. The molecule has 0 aliphatic carbocycles. The molecule has 100 valence electrons. The second kappa shape index (κ2) is 6.78. The zero-order valence-electron chi connectivity index (χ0n) is 10.5. The lowest BCUT2D eigenvalue weighted by Gasteiger charge is -2.09. The second-order valence-corrected chi connectivity index (χ2v) is 3.79. The molecule has 0 aromatic rings. The summed E-state index contributed by atoms with van der Waals surface area (Å²) >= 11 is 0. The topological polar surface area (TPSA) is 78.9 Å². The first kappa shape index (κ1) is 14.2. The number of hydrogen-bond acceptors (Lipinski definition) is 6. The van der Waals surface area contributed by atoms with Crippen molar-refractivity contribution in [2.45, 2.75) is 25.7 Å². The number of methoxy groups -OCH3 is 2. The van der Waals surface area contributed by atoms with E-state index < -0.39 is 17.9 Å². The van der Waals surface area contributed by atoms with Crippen molar-refractivity contribution < 1.29 is 28.6 Å². The molecule has 0 atom stereocenters. The molecule has 1 aliphatic rings. The largest absolute Gasteiger partial charge is 0.469 e. The molecule has 0 N–H and O–H groups in total. The molecule has 0 aromatic heterocycles. The molecule has 6 nitrogen and oxygen atoms in total. The van der Waals surface area contributed by atoms with Gasteiger partial charge < -0.3 is 14.2 Å². The van der Waals surface area contributed by atoms with Gasteiger partial charge in [-0.05, 0) is 19.3 Å². The molecule has 0 aromatic carbocycles. The van der Waals surface area contributed by atoms with Crippen LogP contribution in [0.25, 0.3) is 0 Å². The standard InChI is InChI=1S/C12H16O6/c1-16-10(13)7-9(11(14)17-2)8-5-3-4-6-18-12(8)15/h3-7H2,1-2H3/b9-8-. The normalized spacial score (nSPS) is 18.4. The van der Waals surface area contributed by atoms with Gasteiger partial charge in [-0.1, -0.05) is 0 Å². The molecule has 0 amide bonds. The van der Waals surface area contributed by atoms with Crippen LogP contribution in [0.1, 0.15) is 25.7 Å². The van der Waals surface area contributed by atoms with Crippen LogP contribution in [0.2, 0.25) is 0 Å². The van der Waals surface area contributed by atoms with Crippen LogP contribution in [0.3, 0.4) is 0 Å². The molecule has 1 aliphatic heterocycles.